The van der Waals surface area contributed by atoms with Crippen molar-refractivity contribution in [2.45, 2.75) is 10.8 Å². The van der Waals surface area contributed by atoms with Crippen molar-refractivity contribution in [2.24, 2.45) is 23.7 Å². The third kappa shape index (κ3) is 1.11. The summed E-state index contributed by atoms with van der Waals surface area (Å²) < 4.78 is 0. The van der Waals surface area contributed by atoms with Gasteiger partial charge in [-0.05, 0) is 45.6 Å². The van der Waals surface area contributed by atoms with Crippen LogP contribution in [0.5, 0.6) is 0 Å². The summed E-state index contributed by atoms with van der Waals surface area (Å²) in [6.07, 6.45) is 23.5. The molecule has 0 N–H and O–H groups in total. The summed E-state index contributed by atoms with van der Waals surface area (Å²) in [5.41, 5.74) is 3.51. The lowest BCUT2D eigenvalue weighted by Gasteiger charge is -2.79. The molecule has 0 nitrogen and oxygen atoms in total. The van der Waals surface area contributed by atoms with Crippen molar-refractivity contribution in [3.8, 4) is 0 Å². The molecule has 2 aromatic carbocycles. The molecule has 0 saturated heterocycles. The molecule has 6 atom stereocenters. The lowest BCUT2D eigenvalue weighted by molar-refractivity contribution is -0.183. The van der Waals surface area contributed by atoms with E-state index in [1.165, 1.54) is 10.8 Å². The zero-order chi connectivity index (χ0) is 16.9. The number of hydrogen-bond acceptors (Lipinski definition) is 0. The topological polar surface area (TPSA) is 0 Å². The molecule has 5 aliphatic rings. The summed E-state index contributed by atoms with van der Waals surface area (Å²) in [5.74, 6) is 2.59. The highest BCUT2D eigenvalue weighted by atomic mass is 14.8. The second-order valence-corrected chi connectivity index (χ2v) is 8.50. The average Bonchev–Trinajstić information content (AvgIpc) is 2.89. The Kier molecular flexibility index (Phi) is 2.20. The van der Waals surface area contributed by atoms with Crippen LogP contribution in [0.3, 0.4) is 0 Å². The van der Waals surface area contributed by atoms with Crippen molar-refractivity contribution in [1.29, 1.82) is 0 Å². The van der Waals surface area contributed by atoms with Crippen LogP contribution >= 0.6 is 0 Å². The maximum absolute atomic E-state index is 2.55. The zero-order valence-electron chi connectivity index (χ0n) is 14.5. The lowest BCUT2D eigenvalue weighted by atomic mass is 9.23. The lowest BCUT2D eigenvalue weighted by Crippen LogP contribution is -2.80. The summed E-state index contributed by atoms with van der Waals surface area (Å²) in [5, 5.41) is 2.94. The summed E-state index contributed by atoms with van der Waals surface area (Å²) in [7, 11) is 0. The van der Waals surface area contributed by atoms with E-state index in [1.807, 2.05) is 0 Å². The minimum Gasteiger partial charge on any atom is -0.0805 e. The van der Waals surface area contributed by atoms with E-state index in [-0.39, 0.29) is 10.8 Å². The minimum absolute atomic E-state index is 0.110. The first-order valence-electron chi connectivity index (χ1n) is 9.81. The molecule has 0 radical (unpaired) electrons. The Labute approximate surface area is 153 Å². The first kappa shape index (κ1) is 13.6. The van der Waals surface area contributed by atoms with Gasteiger partial charge in [-0.25, -0.2) is 0 Å². The molecule has 0 aromatic heterocycles. The van der Waals surface area contributed by atoms with Crippen molar-refractivity contribution < 1.29 is 0 Å². The third-order valence-electron chi connectivity index (χ3n) is 8.05. The fourth-order valence-corrected chi connectivity index (χ4v) is 7.51. The number of rotatable bonds is 0. The molecule has 2 aromatic rings. The van der Waals surface area contributed by atoms with Gasteiger partial charge in [-0.2, -0.15) is 0 Å². The fourth-order valence-electron chi connectivity index (χ4n) is 7.51. The number of benzene rings is 2. The molecule has 2 fully saturated rings. The molecule has 0 heterocycles. The van der Waals surface area contributed by atoms with Crippen molar-refractivity contribution >= 4 is 10.8 Å². The zero-order valence-corrected chi connectivity index (χ0v) is 14.5. The molecule has 7 rings (SSSR count). The summed E-state index contributed by atoms with van der Waals surface area (Å²) in [6.45, 7) is 0. The third-order valence-corrected chi connectivity index (χ3v) is 8.05. The highest BCUT2D eigenvalue weighted by Crippen LogP contribution is 2.84. The standard InChI is InChI=1S/C26H20/c1-2-6-16-25-20-14-7-9-17-10-8-15-21(23(17)20)26(25)19-12-5-4-11-18(19)24(26)22(25)13-3-1/h1-16,18-19,22,24H/b2-1-,13-3-,16-6-. The van der Waals surface area contributed by atoms with E-state index in [2.05, 4.69) is 97.2 Å². The van der Waals surface area contributed by atoms with E-state index in [1.54, 1.807) is 11.1 Å². The van der Waals surface area contributed by atoms with Gasteiger partial charge in [0.25, 0.3) is 0 Å². The Morgan fingerprint density at radius 1 is 0.654 bits per heavy atom. The van der Waals surface area contributed by atoms with E-state index in [0.717, 1.165) is 0 Å². The SMILES string of the molecule is C1=CC2C(C=C1)C13c4cccc5cccc(c45)C14\C=C/C=C\C=C/C4C23. The van der Waals surface area contributed by atoms with Crippen LogP contribution < -0.4 is 0 Å². The van der Waals surface area contributed by atoms with Gasteiger partial charge in [0.05, 0.1) is 0 Å². The molecular weight excluding hydrogens is 312 g/mol. The van der Waals surface area contributed by atoms with Gasteiger partial charge >= 0.3 is 0 Å². The normalized spacial score (nSPS) is 45.8. The fraction of sp³-hybridized carbons (Fsp3) is 0.231. The number of hydrogen-bond donors (Lipinski definition) is 0. The van der Waals surface area contributed by atoms with Gasteiger partial charge in [0.2, 0.25) is 0 Å². The largest absolute Gasteiger partial charge is 0.0805 e. The molecule has 0 bridgehead atoms. The first-order valence-corrected chi connectivity index (χ1v) is 9.81. The Morgan fingerprint density at radius 2 is 1.38 bits per heavy atom. The molecule has 5 aliphatic carbocycles. The minimum atomic E-state index is 0.110. The molecule has 6 unspecified atom stereocenters. The average molecular weight is 332 g/mol. The smallest absolute Gasteiger partial charge is 0.0313 e. The van der Waals surface area contributed by atoms with E-state index in [4.69, 9.17) is 0 Å². The predicted octanol–water partition coefficient (Wildman–Crippen LogP) is 5.63. The molecule has 2 saturated carbocycles. The van der Waals surface area contributed by atoms with Crippen molar-refractivity contribution in [1.82, 2.24) is 0 Å². The van der Waals surface area contributed by atoms with Gasteiger partial charge in [-0.15, -0.1) is 0 Å². The molecule has 124 valence electrons. The monoisotopic (exact) mass is 332 g/mol. The van der Waals surface area contributed by atoms with Gasteiger partial charge in [0.1, 0.15) is 0 Å². The van der Waals surface area contributed by atoms with Gasteiger partial charge in [0.15, 0.2) is 0 Å². The molecule has 0 amide bonds. The van der Waals surface area contributed by atoms with Gasteiger partial charge in [0, 0.05) is 10.8 Å². The molecule has 2 spiro atoms. The van der Waals surface area contributed by atoms with Crippen molar-refractivity contribution in [2.75, 3.05) is 0 Å². The van der Waals surface area contributed by atoms with E-state index < -0.39 is 0 Å². The van der Waals surface area contributed by atoms with E-state index >= 15 is 0 Å². The summed E-state index contributed by atoms with van der Waals surface area (Å²) in [6, 6.07) is 14.0. The highest BCUT2D eigenvalue weighted by Gasteiger charge is 2.83. The molecule has 0 heteroatoms. The van der Waals surface area contributed by atoms with Crippen LogP contribution in [0.4, 0.5) is 0 Å². The number of allylic oxidation sites excluding steroid dienone is 10. The Balaban J connectivity index is 1.64. The Hall–Kier alpha value is -2.60. The quantitative estimate of drug-likeness (QED) is 0.586. The van der Waals surface area contributed by atoms with E-state index in [9.17, 15) is 0 Å². The van der Waals surface area contributed by atoms with Crippen LogP contribution in [0.1, 0.15) is 11.1 Å². The van der Waals surface area contributed by atoms with Crippen LogP contribution in [0.25, 0.3) is 10.8 Å². The Morgan fingerprint density at radius 3 is 2.31 bits per heavy atom. The van der Waals surface area contributed by atoms with Crippen LogP contribution in [0, 0.1) is 23.7 Å². The first-order chi connectivity index (χ1) is 12.9. The molecule has 26 heavy (non-hydrogen) atoms. The highest BCUT2D eigenvalue weighted by molar-refractivity contribution is 5.97. The number of fused-ring (bicyclic) bond motifs is 3. The van der Waals surface area contributed by atoms with Crippen LogP contribution in [-0.4, -0.2) is 0 Å². The maximum atomic E-state index is 2.55. The molecule has 0 aliphatic heterocycles. The second-order valence-electron chi connectivity index (χ2n) is 8.50. The van der Waals surface area contributed by atoms with Crippen molar-refractivity contribution in [3.05, 3.63) is 108 Å². The summed E-state index contributed by atoms with van der Waals surface area (Å²) >= 11 is 0. The van der Waals surface area contributed by atoms with Crippen LogP contribution in [-0.2, 0) is 10.8 Å². The summed E-state index contributed by atoms with van der Waals surface area (Å²) in [4.78, 5) is 0. The predicted molar refractivity (Wildman–Crippen MR) is 107 cm³/mol. The van der Waals surface area contributed by atoms with Crippen molar-refractivity contribution in [3.63, 3.8) is 0 Å². The second kappa shape index (κ2) is 4.20. The van der Waals surface area contributed by atoms with Crippen LogP contribution in [0.2, 0.25) is 0 Å². The van der Waals surface area contributed by atoms with Crippen LogP contribution in [0.15, 0.2) is 97.2 Å². The van der Waals surface area contributed by atoms with Gasteiger partial charge < -0.3 is 0 Å². The maximum Gasteiger partial charge on any atom is 0.0313 e. The Bertz CT molecular complexity index is 1120. The van der Waals surface area contributed by atoms with Gasteiger partial charge in [-0.1, -0.05) is 97.2 Å². The molecular formula is C26H20. The van der Waals surface area contributed by atoms with Gasteiger partial charge in [-0.3, -0.25) is 0 Å². The van der Waals surface area contributed by atoms with E-state index in [0.29, 0.717) is 23.7 Å².